The van der Waals surface area contributed by atoms with Crippen LogP contribution in [-0.4, -0.2) is 23.4 Å². The molecule has 3 rings (SSSR count). The number of rotatable bonds is 5. The number of pyridine rings is 3. The summed E-state index contributed by atoms with van der Waals surface area (Å²) in [6.07, 6.45) is -2.03. The molecule has 3 aromatic rings. The molecular weight excluding hydrogens is 424 g/mol. The van der Waals surface area contributed by atoms with Gasteiger partial charge in [-0.1, -0.05) is 19.9 Å². The van der Waals surface area contributed by atoms with E-state index in [1.807, 2.05) is 4.72 Å². The molecule has 0 fully saturated rings. The van der Waals surface area contributed by atoms with Crippen LogP contribution in [0.3, 0.4) is 0 Å². The van der Waals surface area contributed by atoms with E-state index in [1.54, 1.807) is 19.9 Å². The number of hydrogen-bond donors (Lipinski definition) is 1. The van der Waals surface area contributed by atoms with Gasteiger partial charge in [-0.3, -0.25) is 9.71 Å². The van der Waals surface area contributed by atoms with Crippen molar-refractivity contribution in [3.05, 3.63) is 65.9 Å². The van der Waals surface area contributed by atoms with Gasteiger partial charge < -0.3 is 0 Å². The van der Waals surface area contributed by atoms with E-state index < -0.39 is 38.4 Å². The van der Waals surface area contributed by atoms with Gasteiger partial charge in [-0.15, -0.1) is 0 Å². The minimum atomic E-state index is -4.73. The molecule has 0 aromatic carbocycles. The number of halogens is 4. The lowest BCUT2D eigenvalue weighted by Gasteiger charge is -2.17. The Hall–Kier alpha value is -3.08. The number of aromatic nitrogens is 3. The standard InChI is InChI=1S/C19H16F4N4O2S/c1-11(2)12-8-9-24-10-13(12)18-14(19(21,22)23)6-7-16(26-18)27-30(28,29)17-5-3-4-15(20)25-17/h3-11H,1-2H3,(H,26,27). The first-order valence-electron chi connectivity index (χ1n) is 8.67. The summed E-state index contributed by atoms with van der Waals surface area (Å²) in [4.78, 5) is 11.1. The molecule has 0 aliphatic carbocycles. The fourth-order valence-electron chi connectivity index (χ4n) is 2.79. The highest BCUT2D eigenvalue weighted by atomic mass is 32.2. The van der Waals surface area contributed by atoms with E-state index in [4.69, 9.17) is 0 Å². The van der Waals surface area contributed by atoms with Crippen LogP contribution in [0.5, 0.6) is 0 Å². The van der Waals surface area contributed by atoms with Crippen LogP contribution in [0.1, 0.15) is 30.9 Å². The van der Waals surface area contributed by atoms with Gasteiger partial charge in [-0.05, 0) is 41.8 Å². The highest BCUT2D eigenvalue weighted by Gasteiger charge is 2.35. The first-order chi connectivity index (χ1) is 14.0. The largest absolute Gasteiger partial charge is 0.418 e. The van der Waals surface area contributed by atoms with Crippen molar-refractivity contribution in [2.24, 2.45) is 0 Å². The van der Waals surface area contributed by atoms with E-state index in [2.05, 4.69) is 15.0 Å². The molecule has 3 aromatic heterocycles. The molecule has 0 radical (unpaired) electrons. The van der Waals surface area contributed by atoms with Gasteiger partial charge in [0.1, 0.15) is 5.82 Å². The van der Waals surface area contributed by atoms with Crippen LogP contribution in [0.15, 0.2) is 53.8 Å². The molecular formula is C19H16F4N4O2S. The SMILES string of the molecule is CC(C)c1ccncc1-c1nc(NS(=O)(=O)c2cccc(F)n2)ccc1C(F)(F)F. The summed E-state index contributed by atoms with van der Waals surface area (Å²) in [6, 6.07) is 6.35. The second-order valence-electron chi connectivity index (χ2n) is 6.61. The topological polar surface area (TPSA) is 84.8 Å². The van der Waals surface area contributed by atoms with Crippen LogP contribution < -0.4 is 4.72 Å². The number of anilines is 1. The van der Waals surface area contributed by atoms with Crippen LogP contribution >= 0.6 is 0 Å². The minimum Gasteiger partial charge on any atom is -0.264 e. The van der Waals surface area contributed by atoms with E-state index in [0.29, 0.717) is 5.56 Å². The molecule has 0 amide bonds. The van der Waals surface area contributed by atoms with Crippen LogP contribution in [0.2, 0.25) is 0 Å². The van der Waals surface area contributed by atoms with Crippen molar-refractivity contribution in [3.63, 3.8) is 0 Å². The maximum Gasteiger partial charge on any atom is 0.418 e. The van der Waals surface area contributed by atoms with Gasteiger partial charge in [0.2, 0.25) is 5.95 Å². The average molecular weight is 440 g/mol. The molecule has 0 saturated heterocycles. The maximum absolute atomic E-state index is 13.6. The van der Waals surface area contributed by atoms with Gasteiger partial charge in [-0.2, -0.15) is 26.0 Å². The van der Waals surface area contributed by atoms with Gasteiger partial charge in [0.25, 0.3) is 10.0 Å². The van der Waals surface area contributed by atoms with Crippen molar-refractivity contribution in [2.45, 2.75) is 31.0 Å². The summed E-state index contributed by atoms with van der Waals surface area (Å²) in [5, 5.41) is -0.630. The van der Waals surface area contributed by atoms with Crippen molar-refractivity contribution in [3.8, 4) is 11.3 Å². The lowest BCUT2D eigenvalue weighted by molar-refractivity contribution is -0.137. The quantitative estimate of drug-likeness (QED) is 0.462. The highest BCUT2D eigenvalue weighted by molar-refractivity contribution is 7.92. The Morgan fingerprint density at radius 3 is 2.40 bits per heavy atom. The summed E-state index contributed by atoms with van der Waals surface area (Å²) in [7, 11) is -4.37. The first kappa shape index (κ1) is 21.6. The predicted molar refractivity (Wildman–Crippen MR) is 102 cm³/mol. The fraction of sp³-hybridized carbons (Fsp3) is 0.211. The summed E-state index contributed by atoms with van der Waals surface area (Å²) in [5.41, 5.74) is -0.810. The second-order valence-corrected chi connectivity index (χ2v) is 8.24. The smallest absolute Gasteiger partial charge is 0.264 e. The van der Waals surface area contributed by atoms with Crippen LogP contribution in [0.25, 0.3) is 11.3 Å². The zero-order chi connectivity index (χ0) is 22.1. The Balaban J connectivity index is 2.13. The second kappa shape index (κ2) is 7.98. The average Bonchev–Trinajstić information content (AvgIpc) is 2.66. The van der Waals surface area contributed by atoms with Gasteiger partial charge in [0.15, 0.2) is 5.03 Å². The molecule has 0 atom stereocenters. The van der Waals surface area contributed by atoms with Gasteiger partial charge >= 0.3 is 6.18 Å². The van der Waals surface area contributed by atoms with Crippen molar-refractivity contribution >= 4 is 15.8 Å². The molecule has 1 N–H and O–H groups in total. The van der Waals surface area contributed by atoms with Crippen molar-refractivity contribution in [1.82, 2.24) is 15.0 Å². The third-order valence-corrected chi connectivity index (χ3v) is 5.39. The molecule has 6 nitrogen and oxygen atoms in total. The zero-order valence-electron chi connectivity index (χ0n) is 15.8. The summed E-state index contributed by atoms with van der Waals surface area (Å²) in [5.74, 6) is -1.53. The van der Waals surface area contributed by atoms with E-state index >= 15 is 0 Å². The Morgan fingerprint density at radius 2 is 1.77 bits per heavy atom. The first-order valence-corrected chi connectivity index (χ1v) is 10.2. The maximum atomic E-state index is 13.6. The normalized spacial score (nSPS) is 12.2. The van der Waals surface area contributed by atoms with Crippen molar-refractivity contribution in [1.29, 1.82) is 0 Å². The molecule has 30 heavy (non-hydrogen) atoms. The van der Waals surface area contributed by atoms with E-state index in [0.717, 1.165) is 30.3 Å². The van der Waals surface area contributed by atoms with Crippen LogP contribution in [-0.2, 0) is 16.2 Å². The predicted octanol–water partition coefficient (Wildman–Crippen LogP) is 4.62. The molecule has 11 heteroatoms. The zero-order valence-corrected chi connectivity index (χ0v) is 16.6. The van der Waals surface area contributed by atoms with Crippen molar-refractivity contribution in [2.75, 3.05) is 4.72 Å². The van der Waals surface area contributed by atoms with Gasteiger partial charge in [0.05, 0.1) is 11.3 Å². The summed E-state index contributed by atoms with van der Waals surface area (Å²) >= 11 is 0. The van der Waals surface area contributed by atoms with Gasteiger partial charge in [0, 0.05) is 18.0 Å². The molecule has 3 heterocycles. The Labute approximate surface area is 170 Å². The third kappa shape index (κ3) is 4.56. The number of nitrogens with one attached hydrogen (secondary N) is 1. The Bertz CT molecular complexity index is 1180. The van der Waals surface area contributed by atoms with Gasteiger partial charge in [-0.25, -0.2) is 9.97 Å². The monoisotopic (exact) mass is 440 g/mol. The Morgan fingerprint density at radius 1 is 1.03 bits per heavy atom. The van der Waals surface area contributed by atoms with Crippen LogP contribution in [0, 0.1) is 5.95 Å². The van der Waals surface area contributed by atoms with E-state index in [1.165, 1.54) is 12.4 Å². The molecule has 0 saturated carbocycles. The molecule has 158 valence electrons. The molecule has 0 unspecified atom stereocenters. The summed E-state index contributed by atoms with van der Waals surface area (Å²) < 4.78 is 81.0. The lowest BCUT2D eigenvalue weighted by Crippen LogP contribution is -2.17. The highest BCUT2D eigenvalue weighted by Crippen LogP contribution is 2.39. The minimum absolute atomic E-state index is 0.129. The van der Waals surface area contributed by atoms with Crippen molar-refractivity contribution < 1.29 is 26.0 Å². The van der Waals surface area contributed by atoms with E-state index in [9.17, 15) is 26.0 Å². The molecule has 0 aliphatic rings. The van der Waals surface area contributed by atoms with E-state index in [-0.39, 0.29) is 17.3 Å². The number of hydrogen-bond acceptors (Lipinski definition) is 5. The molecule has 0 aliphatic heterocycles. The number of alkyl halides is 3. The summed E-state index contributed by atoms with van der Waals surface area (Å²) in [6.45, 7) is 3.60. The number of nitrogens with zero attached hydrogens (tertiary/aromatic N) is 3. The van der Waals surface area contributed by atoms with Crippen LogP contribution in [0.4, 0.5) is 23.4 Å². The third-order valence-electron chi connectivity index (χ3n) is 4.14. The molecule has 0 bridgehead atoms. The lowest BCUT2D eigenvalue weighted by atomic mass is 9.95. The fourth-order valence-corrected chi connectivity index (χ4v) is 3.74. The number of sulfonamides is 1. The molecule has 0 spiro atoms. The Kier molecular flexibility index (Phi) is 5.75.